The fourth-order valence-electron chi connectivity index (χ4n) is 1.05. The number of carbonyl (C=O) groups excluding carboxylic acids is 1. The van der Waals surface area contributed by atoms with Crippen LogP contribution in [-0.2, 0) is 4.79 Å². The van der Waals surface area contributed by atoms with E-state index in [1.807, 2.05) is 0 Å². The van der Waals surface area contributed by atoms with Crippen molar-refractivity contribution in [1.82, 2.24) is 5.32 Å². The molecule has 0 unspecified atom stereocenters. The standard InChI is InChI=1S/C8H16N2O/c9-8(11)4-6-10-5-3-7-1-2-7/h7,10H,1-6H2,(H2,9,11). The van der Waals surface area contributed by atoms with Gasteiger partial charge >= 0.3 is 0 Å². The van der Waals surface area contributed by atoms with E-state index in [0.29, 0.717) is 6.42 Å². The molecule has 0 saturated heterocycles. The predicted molar refractivity (Wildman–Crippen MR) is 44.0 cm³/mol. The topological polar surface area (TPSA) is 55.1 Å². The molecule has 1 aliphatic carbocycles. The summed E-state index contributed by atoms with van der Waals surface area (Å²) in [7, 11) is 0. The third-order valence-corrected chi connectivity index (χ3v) is 1.97. The van der Waals surface area contributed by atoms with Crippen LogP contribution in [0.1, 0.15) is 25.7 Å². The first kappa shape index (κ1) is 8.53. The average Bonchev–Trinajstić information content (AvgIpc) is 2.70. The number of carbonyl (C=O) groups is 1. The highest BCUT2D eigenvalue weighted by molar-refractivity contribution is 5.73. The minimum Gasteiger partial charge on any atom is -0.370 e. The van der Waals surface area contributed by atoms with Gasteiger partial charge in [0.05, 0.1) is 0 Å². The maximum absolute atomic E-state index is 10.3. The Bertz CT molecular complexity index is 132. The molecule has 3 N–H and O–H groups in total. The summed E-state index contributed by atoms with van der Waals surface area (Å²) in [4.78, 5) is 10.3. The van der Waals surface area contributed by atoms with E-state index in [2.05, 4.69) is 5.32 Å². The van der Waals surface area contributed by atoms with Crippen molar-refractivity contribution in [2.75, 3.05) is 13.1 Å². The number of amides is 1. The molecule has 11 heavy (non-hydrogen) atoms. The first-order valence-corrected chi connectivity index (χ1v) is 4.28. The fraction of sp³-hybridized carbons (Fsp3) is 0.875. The minimum absolute atomic E-state index is 0.219. The van der Waals surface area contributed by atoms with Crippen LogP contribution < -0.4 is 11.1 Å². The fourth-order valence-corrected chi connectivity index (χ4v) is 1.05. The molecule has 3 heteroatoms. The Balaban J connectivity index is 1.76. The molecule has 0 heterocycles. The number of hydrogen-bond donors (Lipinski definition) is 2. The molecule has 1 saturated carbocycles. The summed E-state index contributed by atoms with van der Waals surface area (Å²) in [5, 5.41) is 3.19. The second kappa shape index (κ2) is 4.34. The van der Waals surface area contributed by atoms with E-state index in [1.54, 1.807) is 0 Å². The Hall–Kier alpha value is -0.570. The highest BCUT2D eigenvalue weighted by Gasteiger charge is 2.19. The molecule has 1 amide bonds. The van der Waals surface area contributed by atoms with Gasteiger partial charge in [0.25, 0.3) is 0 Å². The van der Waals surface area contributed by atoms with Gasteiger partial charge in [0, 0.05) is 13.0 Å². The van der Waals surface area contributed by atoms with Crippen LogP contribution in [0.5, 0.6) is 0 Å². The molecule has 0 bridgehead atoms. The van der Waals surface area contributed by atoms with Gasteiger partial charge in [-0.1, -0.05) is 12.8 Å². The number of nitrogens with two attached hydrogens (primary N) is 1. The van der Waals surface area contributed by atoms with Crippen LogP contribution in [0.4, 0.5) is 0 Å². The zero-order chi connectivity index (χ0) is 8.10. The first-order valence-electron chi connectivity index (χ1n) is 4.28. The van der Waals surface area contributed by atoms with Gasteiger partial charge in [-0.2, -0.15) is 0 Å². The van der Waals surface area contributed by atoms with E-state index in [0.717, 1.165) is 19.0 Å². The van der Waals surface area contributed by atoms with Crippen molar-refractivity contribution in [3.05, 3.63) is 0 Å². The summed E-state index contributed by atoms with van der Waals surface area (Å²) < 4.78 is 0. The van der Waals surface area contributed by atoms with Gasteiger partial charge in [-0.15, -0.1) is 0 Å². The summed E-state index contributed by atoms with van der Waals surface area (Å²) in [6, 6.07) is 0. The van der Waals surface area contributed by atoms with Crippen LogP contribution in [-0.4, -0.2) is 19.0 Å². The van der Waals surface area contributed by atoms with Crippen LogP contribution in [0.15, 0.2) is 0 Å². The van der Waals surface area contributed by atoms with Crippen LogP contribution in [0.25, 0.3) is 0 Å². The number of nitrogens with one attached hydrogen (secondary N) is 1. The third kappa shape index (κ3) is 4.79. The highest BCUT2D eigenvalue weighted by Crippen LogP contribution is 2.31. The van der Waals surface area contributed by atoms with Crippen molar-refractivity contribution in [3.63, 3.8) is 0 Å². The minimum atomic E-state index is -0.219. The first-order chi connectivity index (χ1) is 5.29. The predicted octanol–water partition coefficient (Wildman–Crippen LogP) is 0.251. The Labute approximate surface area is 67.3 Å². The third-order valence-electron chi connectivity index (χ3n) is 1.97. The van der Waals surface area contributed by atoms with Gasteiger partial charge in [0.2, 0.25) is 5.91 Å². The van der Waals surface area contributed by atoms with Gasteiger partial charge in [0.1, 0.15) is 0 Å². The molecule has 0 radical (unpaired) electrons. The van der Waals surface area contributed by atoms with Crippen molar-refractivity contribution in [1.29, 1.82) is 0 Å². The van der Waals surface area contributed by atoms with E-state index in [-0.39, 0.29) is 5.91 Å². The SMILES string of the molecule is NC(=O)CCNCCC1CC1. The van der Waals surface area contributed by atoms with Crippen molar-refractivity contribution in [3.8, 4) is 0 Å². The molecule has 0 aliphatic heterocycles. The summed E-state index contributed by atoms with van der Waals surface area (Å²) in [6.07, 6.45) is 4.53. The Morgan fingerprint density at radius 2 is 2.18 bits per heavy atom. The Kier molecular flexibility index (Phi) is 3.36. The van der Waals surface area contributed by atoms with Gasteiger partial charge in [-0.3, -0.25) is 4.79 Å². The van der Waals surface area contributed by atoms with Gasteiger partial charge < -0.3 is 11.1 Å². The highest BCUT2D eigenvalue weighted by atomic mass is 16.1. The van der Waals surface area contributed by atoms with Crippen LogP contribution in [0.2, 0.25) is 0 Å². The van der Waals surface area contributed by atoms with Gasteiger partial charge in [-0.05, 0) is 18.9 Å². The second-order valence-corrected chi connectivity index (χ2v) is 3.20. The molecule has 0 aromatic rings. The van der Waals surface area contributed by atoms with Crippen LogP contribution in [0.3, 0.4) is 0 Å². The molecule has 0 aromatic heterocycles. The lowest BCUT2D eigenvalue weighted by Gasteiger charge is -2.00. The van der Waals surface area contributed by atoms with Crippen LogP contribution >= 0.6 is 0 Å². The lowest BCUT2D eigenvalue weighted by Crippen LogP contribution is -2.22. The molecule has 3 nitrogen and oxygen atoms in total. The van der Waals surface area contributed by atoms with Gasteiger partial charge in [-0.25, -0.2) is 0 Å². The summed E-state index contributed by atoms with van der Waals surface area (Å²) in [6.45, 7) is 1.78. The van der Waals surface area contributed by atoms with E-state index >= 15 is 0 Å². The number of primary amides is 1. The molecule has 64 valence electrons. The zero-order valence-corrected chi connectivity index (χ0v) is 6.81. The van der Waals surface area contributed by atoms with E-state index in [1.165, 1.54) is 19.3 Å². The summed E-state index contributed by atoms with van der Waals surface area (Å²) in [5.74, 6) is 0.750. The van der Waals surface area contributed by atoms with E-state index < -0.39 is 0 Å². The molecule has 1 rings (SSSR count). The normalized spacial score (nSPS) is 16.7. The smallest absolute Gasteiger partial charge is 0.218 e. The van der Waals surface area contributed by atoms with Crippen molar-refractivity contribution in [2.45, 2.75) is 25.7 Å². The molecular formula is C8H16N2O. The molecule has 1 fully saturated rings. The molecule has 1 aliphatic rings. The zero-order valence-electron chi connectivity index (χ0n) is 6.81. The quantitative estimate of drug-likeness (QED) is 0.542. The summed E-state index contributed by atoms with van der Waals surface area (Å²) in [5.41, 5.74) is 4.97. The van der Waals surface area contributed by atoms with Crippen molar-refractivity contribution in [2.24, 2.45) is 11.7 Å². The number of rotatable bonds is 6. The Morgan fingerprint density at radius 1 is 1.45 bits per heavy atom. The lowest BCUT2D eigenvalue weighted by molar-refractivity contribution is -0.117. The molecule has 0 spiro atoms. The largest absolute Gasteiger partial charge is 0.370 e. The monoisotopic (exact) mass is 156 g/mol. The molecule has 0 aromatic carbocycles. The van der Waals surface area contributed by atoms with Gasteiger partial charge in [0.15, 0.2) is 0 Å². The molecule has 0 atom stereocenters. The van der Waals surface area contributed by atoms with Crippen molar-refractivity contribution < 1.29 is 4.79 Å². The van der Waals surface area contributed by atoms with E-state index in [9.17, 15) is 4.79 Å². The van der Waals surface area contributed by atoms with E-state index in [4.69, 9.17) is 5.73 Å². The van der Waals surface area contributed by atoms with Crippen molar-refractivity contribution >= 4 is 5.91 Å². The van der Waals surface area contributed by atoms with Crippen LogP contribution in [0, 0.1) is 5.92 Å². The number of hydrogen-bond acceptors (Lipinski definition) is 2. The average molecular weight is 156 g/mol. The lowest BCUT2D eigenvalue weighted by atomic mass is 10.3. The molecular weight excluding hydrogens is 140 g/mol. The maximum atomic E-state index is 10.3. The Morgan fingerprint density at radius 3 is 2.73 bits per heavy atom. The maximum Gasteiger partial charge on any atom is 0.218 e. The summed E-state index contributed by atoms with van der Waals surface area (Å²) >= 11 is 0. The second-order valence-electron chi connectivity index (χ2n) is 3.20.